The van der Waals surface area contributed by atoms with Gasteiger partial charge in [-0.1, -0.05) is 6.07 Å². The molecule has 3 rings (SSSR count). The first-order chi connectivity index (χ1) is 10.1. The number of nitrogens with zero attached hydrogens (tertiary/aromatic N) is 2. The fourth-order valence-corrected chi connectivity index (χ4v) is 3.12. The van der Waals surface area contributed by atoms with Crippen molar-refractivity contribution in [2.45, 2.75) is 12.8 Å². The lowest BCUT2D eigenvalue weighted by Gasteiger charge is -2.10. The van der Waals surface area contributed by atoms with E-state index in [0.717, 1.165) is 32.8 Å². The molecule has 0 fully saturated rings. The second kappa shape index (κ2) is 5.70. The summed E-state index contributed by atoms with van der Waals surface area (Å²) < 4.78 is 8.25. The number of fused-ring (bicyclic) bond motifs is 1. The highest BCUT2D eigenvalue weighted by Gasteiger charge is 2.13. The first-order valence-electron chi connectivity index (χ1n) is 6.52. The molecule has 5 heteroatoms. The SMILES string of the molecule is COc1ccc(-n2c(CCl)nc3cc(C)ccc32)cc1Br. The Morgan fingerprint density at radius 2 is 2.05 bits per heavy atom. The number of benzene rings is 2. The van der Waals surface area contributed by atoms with E-state index in [9.17, 15) is 0 Å². The standard InChI is InChI=1S/C16H14BrClN2O/c1-10-3-5-14-13(7-10)19-16(9-18)20(14)11-4-6-15(21-2)12(17)8-11/h3-8H,9H2,1-2H3. The highest BCUT2D eigenvalue weighted by atomic mass is 79.9. The second-order valence-electron chi connectivity index (χ2n) is 4.81. The summed E-state index contributed by atoms with van der Waals surface area (Å²) in [5, 5.41) is 0. The molecule has 108 valence electrons. The van der Waals surface area contributed by atoms with Gasteiger partial charge in [0.1, 0.15) is 11.6 Å². The third kappa shape index (κ3) is 2.54. The zero-order chi connectivity index (χ0) is 15.0. The molecular weight excluding hydrogens is 352 g/mol. The molecule has 0 unspecified atom stereocenters. The molecule has 1 aromatic heterocycles. The average Bonchev–Trinajstić information content (AvgIpc) is 2.84. The van der Waals surface area contributed by atoms with Gasteiger partial charge in [-0.2, -0.15) is 0 Å². The van der Waals surface area contributed by atoms with Crippen molar-refractivity contribution in [3.8, 4) is 11.4 Å². The number of imidazole rings is 1. The number of methoxy groups -OCH3 is 1. The summed E-state index contributed by atoms with van der Waals surface area (Å²) in [6.07, 6.45) is 0. The van der Waals surface area contributed by atoms with Gasteiger partial charge in [0.2, 0.25) is 0 Å². The van der Waals surface area contributed by atoms with Crippen LogP contribution in [0, 0.1) is 6.92 Å². The molecule has 0 saturated heterocycles. The summed E-state index contributed by atoms with van der Waals surface area (Å²) in [7, 11) is 1.65. The van der Waals surface area contributed by atoms with Crippen molar-refractivity contribution in [3.63, 3.8) is 0 Å². The van der Waals surface area contributed by atoms with Crippen molar-refractivity contribution >= 4 is 38.6 Å². The van der Waals surface area contributed by atoms with E-state index in [2.05, 4.69) is 50.6 Å². The van der Waals surface area contributed by atoms with Crippen LogP contribution in [-0.2, 0) is 5.88 Å². The van der Waals surface area contributed by atoms with E-state index in [1.807, 2.05) is 18.2 Å². The molecule has 0 atom stereocenters. The quantitative estimate of drug-likeness (QED) is 0.621. The fraction of sp³-hybridized carbons (Fsp3) is 0.188. The largest absolute Gasteiger partial charge is 0.496 e. The van der Waals surface area contributed by atoms with E-state index in [1.54, 1.807) is 7.11 Å². The van der Waals surface area contributed by atoms with Gasteiger partial charge in [0.25, 0.3) is 0 Å². The number of ether oxygens (including phenoxy) is 1. The van der Waals surface area contributed by atoms with Crippen molar-refractivity contribution in [1.29, 1.82) is 0 Å². The molecule has 0 amide bonds. The first-order valence-corrected chi connectivity index (χ1v) is 7.84. The Labute approximate surface area is 136 Å². The molecular formula is C16H14BrClN2O. The average molecular weight is 366 g/mol. The highest BCUT2D eigenvalue weighted by Crippen LogP contribution is 2.30. The molecule has 2 aromatic carbocycles. The van der Waals surface area contributed by atoms with Gasteiger partial charge in [-0.3, -0.25) is 4.57 Å². The lowest BCUT2D eigenvalue weighted by atomic mass is 10.2. The Hall–Kier alpha value is -1.52. The lowest BCUT2D eigenvalue weighted by Crippen LogP contribution is -1.99. The van der Waals surface area contributed by atoms with Crippen LogP contribution in [0.3, 0.4) is 0 Å². The van der Waals surface area contributed by atoms with Gasteiger partial charge in [-0.25, -0.2) is 4.98 Å². The Balaban J connectivity index is 2.25. The summed E-state index contributed by atoms with van der Waals surface area (Å²) in [5.41, 5.74) is 4.19. The summed E-state index contributed by atoms with van der Waals surface area (Å²) in [4.78, 5) is 4.63. The smallest absolute Gasteiger partial charge is 0.133 e. The maximum atomic E-state index is 6.07. The van der Waals surface area contributed by atoms with Crippen molar-refractivity contribution in [3.05, 3.63) is 52.3 Å². The van der Waals surface area contributed by atoms with E-state index in [0.29, 0.717) is 5.88 Å². The molecule has 3 nitrogen and oxygen atoms in total. The van der Waals surface area contributed by atoms with Crippen molar-refractivity contribution < 1.29 is 4.74 Å². The van der Waals surface area contributed by atoms with Crippen LogP contribution in [0.5, 0.6) is 5.75 Å². The number of hydrogen-bond acceptors (Lipinski definition) is 2. The molecule has 0 spiro atoms. The van der Waals surface area contributed by atoms with Gasteiger partial charge in [0, 0.05) is 5.69 Å². The van der Waals surface area contributed by atoms with Gasteiger partial charge < -0.3 is 4.74 Å². The number of rotatable bonds is 3. The molecule has 0 aliphatic carbocycles. The Morgan fingerprint density at radius 3 is 2.71 bits per heavy atom. The van der Waals surface area contributed by atoms with E-state index in [-0.39, 0.29) is 0 Å². The van der Waals surface area contributed by atoms with Crippen LogP contribution in [-0.4, -0.2) is 16.7 Å². The molecule has 0 bridgehead atoms. The van der Waals surface area contributed by atoms with E-state index >= 15 is 0 Å². The van der Waals surface area contributed by atoms with Crippen LogP contribution < -0.4 is 4.74 Å². The number of aromatic nitrogens is 2. The minimum atomic E-state index is 0.359. The predicted molar refractivity (Wildman–Crippen MR) is 89.6 cm³/mol. The van der Waals surface area contributed by atoms with E-state index in [4.69, 9.17) is 16.3 Å². The first kappa shape index (κ1) is 14.4. The second-order valence-corrected chi connectivity index (χ2v) is 5.93. The summed E-state index contributed by atoms with van der Waals surface area (Å²) in [5.74, 6) is 1.98. The van der Waals surface area contributed by atoms with Crippen LogP contribution in [0.15, 0.2) is 40.9 Å². The van der Waals surface area contributed by atoms with Crippen LogP contribution in [0.4, 0.5) is 0 Å². The maximum absolute atomic E-state index is 6.07. The summed E-state index contributed by atoms with van der Waals surface area (Å²) in [6, 6.07) is 12.2. The van der Waals surface area contributed by atoms with Crippen molar-refractivity contribution in [2.24, 2.45) is 0 Å². The van der Waals surface area contributed by atoms with Gasteiger partial charge in [-0.15, -0.1) is 11.6 Å². The Bertz CT molecular complexity index is 813. The molecule has 0 aliphatic rings. The van der Waals surface area contributed by atoms with Gasteiger partial charge in [0.15, 0.2) is 0 Å². The monoisotopic (exact) mass is 364 g/mol. The highest BCUT2D eigenvalue weighted by molar-refractivity contribution is 9.10. The van der Waals surface area contributed by atoms with Gasteiger partial charge in [-0.05, 0) is 58.7 Å². The molecule has 0 N–H and O–H groups in total. The molecule has 1 heterocycles. The third-order valence-electron chi connectivity index (χ3n) is 3.39. The third-order valence-corrected chi connectivity index (χ3v) is 4.25. The predicted octanol–water partition coefficient (Wildman–Crippen LogP) is 4.84. The zero-order valence-corrected chi connectivity index (χ0v) is 14.1. The zero-order valence-electron chi connectivity index (χ0n) is 11.7. The molecule has 0 radical (unpaired) electrons. The van der Waals surface area contributed by atoms with Crippen molar-refractivity contribution in [1.82, 2.24) is 9.55 Å². The van der Waals surface area contributed by atoms with Crippen LogP contribution in [0.25, 0.3) is 16.7 Å². The normalized spacial score (nSPS) is 11.0. The fourth-order valence-electron chi connectivity index (χ4n) is 2.41. The minimum Gasteiger partial charge on any atom is -0.496 e. The molecule has 0 aliphatic heterocycles. The van der Waals surface area contributed by atoms with E-state index in [1.165, 1.54) is 5.56 Å². The number of aryl methyl sites for hydroxylation is 1. The summed E-state index contributed by atoms with van der Waals surface area (Å²) >= 11 is 9.60. The van der Waals surface area contributed by atoms with Crippen LogP contribution >= 0.6 is 27.5 Å². The van der Waals surface area contributed by atoms with Gasteiger partial charge in [0.05, 0.1) is 28.5 Å². The van der Waals surface area contributed by atoms with Crippen molar-refractivity contribution in [2.75, 3.05) is 7.11 Å². The Morgan fingerprint density at radius 1 is 1.24 bits per heavy atom. The van der Waals surface area contributed by atoms with Crippen LogP contribution in [0.1, 0.15) is 11.4 Å². The number of hydrogen-bond donors (Lipinski definition) is 0. The van der Waals surface area contributed by atoms with E-state index < -0.39 is 0 Å². The minimum absolute atomic E-state index is 0.359. The molecule has 3 aromatic rings. The van der Waals surface area contributed by atoms with Gasteiger partial charge >= 0.3 is 0 Å². The molecule has 0 saturated carbocycles. The molecule has 21 heavy (non-hydrogen) atoms. The summed E-state index contributed by atoms with van der Waals surface area (Å²) in [6.45, 7) is 2.06. The Kier molecular flexibility index (Phi) is 3.91. The lowest BCUT2D eigenvalue weighted by molar-refractivity contribution is 0.412. The van der Waals surface area contributed by atoms with Crippen LogP contribution in [0.2, 0.25) is 0 Å². The number of alkyl halides is 1. The maximum Gasteiger partial charge on any atom is 0.133 e. The number of halogens is 2. The topological polar surface area (TPSA) is 27.1 Å².